The lowest BCUT2D eigenvalue weighted by molar-refractivity contribution is -0.137. The molecule has 7 heteroatoms. The van der Waals surface area contributed by atoms with Gasteiger partial charge in [0.25, 0.3) is 0 Å². The number of benzene rings is 1. The second kappa shape index (κ2) is 7.23. The molecule has 4 nitrogen and oxygen atoms in total. The maximum atomic E-state index is 12.9. The number of hydrogen-bond donors (Lipinski definition) is 0. The predicted molar refractivity (Wildman–Crippen MR) is 89.2 cm³/mol. The quantitative estimate of drug-likeness (QED) is 0.789. The number of nitrogens with zero attached hydrogens (tertiary/aromatic N) is 2. The molecule has 1 aromatic rings. The third kappa shape index (κ3) is 5.36. The van der Waals surface area contributed by atoms with E-state index in [2.05, 4.69) is 4.90 Å². The first-order chi connectivity index (χ1) is 11.5. The molecule has 1 saturated heterocycles. The van der Waals surface area contributed by atoms with Gasteiger partial charge in [-0.15, -0.1) is 0 Å². The highest BCUT2D eigenvalue weighted by Gasteiger charge is 2.32. The van der Waals surface area contributed by atoms with Crippen molar-refractivity contribution in [3.8, 4) is 0 Å². The molecule has 1 amide bonds. The van der Waals surface area contributed by atoms with Crippen molar-refractivity contribution in [2.24, 2.45) is 0 Å². The lowest BCUT2D eigenvalue weighted by Gasteiger charge is -2.38. The summed E-state index contributed by atoms with van der Waals surface area (Å²) in [7, 11) is 0. The smallest absolute Gasteiger partial charge is 0.416 e. The van der Waals surface area contributed by atoms with E-state index in [1.54, 1.807) is 11.0 Å². The first-order valence-corrected chi connectivity index (χ1v) is 8.36. The third-order valence-electron chi connectivity index (χ3n) is 4.21. The van der Waals surface area contributed by atoms with Gasteiger partial charge in [0.2, 0.25) is 0 Å². The molecule has 1 aliphatic rings. The molecule has 0 aromatic heterocycles. The zero-order chi connectivity index (χ0) is 18.8. The van der Waals surface area contributed by atoms with Crippen LogP contribution in [0, 0.1) is 0 Å². The highest BCUT2D eigenvalue weighted by molar-refractivity contribution is 5.68. The third-order valence-corrected chi connectivity index (χ3v) is 4.21. The van der Waals surface area contributed by atoms with Crippen LogP contribution < -0.4 is 0 Å². The van der Waals surface area contributed by atoms with Crippen molar-refractivity contribution in [3.63, 3.8) is 0 Å². The molecule has 25 heavy (non-hydrogen) atoms. The molecule has 2 rings (SSSR count). The van der Waals surface area contributed by atoms with Crippen LogP contribution >= 0.6 is 0 Å². The first-order valence-electron chi connectivity index (χ1n) is 8.36. The standard InChI is InChI=1S/C18H25F3N2O2/c1-13(14-6-5-7-15(12-14)18(19,20)21)22-8-10-23(11-9-22)16(24)25-17(2,3)4/h5-7,12-13H,8-11H2,1-4H3. The molecule has 1 aromatic carbocycles. The number of piperazine rings is 1. The van der Waals surface area contributed by atoms with Gasteiger partial charge >= 0.3 is 12.3 Å². The largest absolute Gasteiger partial charge is 0.444 e. The summed E-state index contributed by atoms with van der Waals surface area (Å²) in [6, 6.07) is 5.27. The number of carbonyl (C=O) groups is 1. The van der Waals surface area contributed by atoms with Crippen molar-refractivity contribution in [1.82, 2.24) is 9.80 Å². The minimum atomic E-state index is -4.34. The number of halogens is 3. The molecule has 0 aliphatic carbocycles. The van der Waals surface area contributed by atoms with Gasteiger partial charge in [-0.2, -0.15) is 13.2 Å². The van der Waals surface area contributed by atoms with E-state index in [0.29, 0.717) is 31.7 Å². The Hall–Kier alpha value is -1.76. The van der Waals surface area contributed by atoms with E-state index in [-0.39, 0.29) is 12.1 Å². The molecule has 1 unspecified atom stereocenters. The molecule has 0 N–H and O–H groups in total. The summed E-state index contributed by atoms with van der Waals surface area (Å²) in [6.07, 6.45) is -4.69. The van der Waals surface area contributed by atoms with Crippen LogP contribution in [0.15, 0.2) is 24.3 Å². The number of hydrogen-bond acceptors (Lipinski definition) is 3. The van der Waals surface area contributed by atoms with Gasteiger partial charge in [0.05, 0.1) is 5.56 Å². The van der Waals surface area contributed by atoms with Gasteiger partial charge < -0.3 is 9.64 Å². The van der Waals surface area contributed by atoms with E-state index in [0.717, 1.165) is 6.07 Å². The molecule has 0 bridgehead atoms. The number of rotatable bonds is 2. The fourth-order valence-electron chi connectivity index (χ4n) is 2.80. The Bertz CT molecular complexity index is 603. The van der Waals surface area contributed by atoms with E-state index in [1.807, 2.05) is 27.7 Å². The number of amides is 1. The number of alkyl halides is 3. The first kappa shape index (κ1) is 19.6. The van der Waals surface area contributed by atoms with Crippen molar-refractivity contribution < 1.29 is 22.7 Å². The minimum Gasteiger partial charge on any atom is -0.444 e. The van der Waals surface area contributed by atoms with Crippen LogP contribution in [0.2, 0.25) is 0 Å². The van der Waals surface area contributed by atoms with Crippen LogP contribution in [-0.2, 0) is 10.9 Å². The molecule has 140 valence electrons. The Kier molecular flexibility index (Phi) is 5.66. The van der Waals surface area contributed by atoms with Gasteiger partial charge in [-0.05, 0) is 45.4 Å². The summed E-state index contributed by atoms with van der Waals surface area (Å²) >= 11 is 0. The molecule has 1 aliphatic heterocycles. The van der Waals surface area contributed by atoms with Crippen molar-refractivity contribution in [2.45, 2.75) is 45.5 Å². The molecule has 0 radical (unpaired) electrons. The van der Waals surface area contributed by atoms with Crippen molar-refractivity contribution in [3.05, 3.63) is 35.4 Å². The number of ether oxygens (including phenoxy) is 1. The van der Waals surface area contributed by atoms with E-state index in [1.165, 1.54) is 12.1 Å². The average molecular weight is 358 g/mol. The number of carbonyl (C=O) groups excluding carboxylic acids is 1. The van der Waals surface area contributed by atoms with Crippen LogP contribution in [-0.4, -0.2) is 47.7 Å². The van der Waals surface area contributed by atoms with E-state index in [4.69, 9.17) is 4.74 Å². The molecule has 1 fully saturated rings. The van der Waals surface area contributed by atoms with Crippen LogP contribution in [0.3, 0.4) is 0 Å². The highest BCUT2D eigenvalue weighted by Crippen LogP contribution is 2.32. The molecule has 1 heterocycles. The Morgan fingerprint density at radius 2 is 1.72 bits per heavy atom. The summed E-state index contributed by atoms with van der Waals surface area (Å²) < 4.78 is 44.0. The van der Waals surface area contributed by atoms with Crippen LogP contribution in [0.5, 0.6) is 0 Å². The normalized spacial score (nSPS) is 18.1. The summed E-state index contributed by atoms with van der Waals surface area (Å²) in [5.41, 5.74) is -0.552. The zero-order valence-electron chi connectivity index (χ0n) is 15.1. The zero-order valence-corrected chi connectivity index (χ0v) is 15.1. The maximum absolute atomic E-state index is 12.9. The highest BCUT2D eigenvalue weighted by atomic mass is 19.4. The van der Waals surface area contributed by atoms with Crippen LogP contribution in [0.4, 0.5) is 18.0 Å². The van der Waals surface area contributed by atoms with Gasteiger partial charge in [-0.25, -0.2) is 4.79 Å². The van der Waals surface area contributed by atoms with Gasteiger partial charge in [-0.3, -0.25) is 4.90 Å². The van der Waals surface area contributed by atoms with Crippen LogP contribution in [0.1, 0.15) is 44.9 Å². The van der Waals surface area contributed by atoms with Gasteiger partial charge in [-0.1, -0.05) is 12.1 Å². The SMILES string of the molecule is CC(c1cccc(C(F)(F)F)c1)N1CCN(C(=O)OC(C)(C)C)CC1. The lowest BCUT2D eigenvalue weighted by Crippen LogP contribution is -2.50. The summed E-state index contributed by atoms with van der Waals surface area (Å²) in [5, 5.41) is 0. The Morgan fingerprint density at radius 3 is 2.24 bits per heavy atom. The molecular weight excluding hydrogens is 333 g/mol. The average Bonchev–Trinajstić information content (AvgIpc) is 2.52. The molecule has 0 saturated carbocycles. The summed E-state index contributed by atoms with van der Waals surface area (Å²) in [6.45, 7) is 9.52. The van der Waals surface area contributed by atoms with Crippen molar-refractivity contribution in [2.75, 3.05) is 26.2 Å². The minimum absolute atomic E-state index is 0.150. The Morgan fingerprint density at radius 1 is 1.12 bits per heavy atom. The fourth-order valence-corrected chi connectivity index (χ4v) is 2.80. The summed E-state index contributed by atoms with van der Waals surface area (Å²) in [4.78, 5) is 15.8. The van der Waals surface area contributed by atoms with E-state index >= 15 is 0 Å². The van der Waals surface area contributed by atoms with Crippen LogP contribution in [0.25, 0.3) is 0 Å². The van der Waals surface area contributed by atoms with Crippen molar-refractivity contribution >= 4 is 6.09 Å². The summed E-state index contributed by atoms with van der Waals surface area (Å²) in [5.74, 6) is 0. The molecule has 0 spiro atoms. The maximum Gasteiger partial charge on any atom is 0.416 e. The van der Waals surface area contributed by atoms with Crippen molar-refractivity contribution in [1.29, 1.82) is 0 Å². The molecular formula is C18H25F3N2O2. The fraction of sp³-hybridized carbons (Fsp3) is 0.611. The Balaban J connectivity index is 1.98. The van der Waals surface area contributed by atoms with Gasteiger partial charge in [0.15, 0.2) is 0 Å². The van der Waals surface area contributed by atoms with E-state index in [9.17, 15) is 18.0 Å². The second-order valence-corrected chi connectivity index (χ2v) is 7.30. The topological polar surface area (TPSA) is 32.8 Å². The second-order valence-electron chi connectivity index (χ2n) is 7.30. The van der Waals surface area contributed by atoms with Gasteiger partial charge in [0.1, 0.15) is 5.60 Å². The predicted octanol–water partition coefficient (Wildman–Crippen LogP) is 4.32. The Labute approximate surface area is 146 Å². The van der Waals surface area contributed by atoms with Gasteiger partial charge in [0, 0.05) is 32.2 Å². The lowest BCUT2D eigenvalue weighted by atomic mass is 10.0. The monoisotopic (exact) mass is 358 g/mol. The van der Waals surface area contributed by atoms with E-state index < -0.39 is 17.3 Å². The molecule has 1 atom stereocenters.